The Morgan fingerprint density at radius 2 is 2.11 bits per heavy atom. The molecule has 0 amide bonds. The third kappa shape index (κ3) is 5.58. The predicted octanol–water partition coefficient (Wildman–Crippen LogP) is 3.16. The Hall–Kier alpha value is -0.970. The number of nitrogens with one attached hydrogen (secondary N) is 2. The van der Waals surface area contributed by atoms with E-state index in [4.69, 9.17) is 0 Å². The quantitative estimate of drug-likeness (QED) is 0.758. The Morgan fingerprint density at radius 3 is 2.78 bits per heavy atom. The summed E-state index contributed by atoms with van der Waals surface area (Å²) in [6, 6.07) is 2.41. The fourth-order valence-corrected chi connectivity index (χ4v) is 2.22. The van der Waals surface area contributed by atoms with Gasteiger partial charge in [0.1, 0.15) is 5.82 Å². The van der Waals surface area contributed by atoms with E-state index in [0.717, 1.165) is 41.9 Å². The zero-order chi connectivity index (χ0) is 13.4. The highest BCUT2D eigenvalue weighted by Crippen LogP contribution is 2.12. The van der Waals surface area contributed by atoms with Gasteiger partial charge in [-0.3, -0.25) is 0 Å². The van der Waals surface area contributed by atoms with Crippen molar-refractivity contribution in [3.63, 3.8) is 0 Å². The van der Waals surface area contributed by atoms with Crippen LogP contribution in [-0.4, -0.2) is 34.1 Å². The van der Waals surface area contributed by atoms with Crippen LogP contribution in [0.2, 0.25) is 0 Å². The van der Waals surface area contributed by atoms with Gasteiger partial charge in [0.25, 0.3) is 0 Å². The molecule has 1 rings (SSSR count). The highest BCUT2D eigenvalue weighted by atomic mass is 32.2. The number of hydrogen-bond acceptors (Lipinski definition) is 5. The Bertz CT molecular complexity index is 357. The van der Waals surface area contributed by atoms with Gasteiger partial charge in [-0.2, -0.15) is 16.7 Å². The van der Waals surface area contributed by atoms with E-state index >= 15 is 0 Å². The molecule has 0 saturated heterocycles. The minimum atomic E-state index is 0.420. The maximum atomic E-state index is 4.48. The number of thioether (sulfide) groups is 1. The summed E-state index contributed by atoms with van der Waals surface area (Å²) in [5.74, 6) is 3.87. The Balaban J connectivity index is 2.61. The molecule has 102 valence electrons. The minimum absolute atomic E-state index is 0.420. The van der Waals surface area contributed by atoms with E-state index in [1.807, 2.05) is 24.8 Å². The normalized spacial score (nSPS) is 12.2. The van der Waals surface area contributed by atoms with Crippen molar-refractivity contribution >= 4 is 23.5 Å². The lowest BCUT2D eigenvalue weighted by molar-refractivity contribution is 0.891. The molecule has 2 N–H and O–H groups in total. The summed E-state index contributed by atoms with van der Waals surface area (Å²) in [6.07, 6.45) is 1.07. The van der Waals surface area contributed by atoms with E-state index in [2.05, 4.69) is 41.4 Å². The molecule has 0 saturated carbocycles. The lowest BCUT2D eigenvalue weighted by Gasteiger charge is -2.15. The van der Waals surface area contributed by atoms with Crippen molar-refractivity contribution in [1.29, 1.82) is 0 Å². The number of hydrogen-bond donors (Lipinski definition) is 2. The Kier molecular flexibility index (Phi) is 6.86. The number of anilines is 2. The first kappa shape index (κ1) is 15.1. The molecule has 1 unspecified atom stereocenters. The van der Waals surface area contributed by atoms with E-state index < -0.39 is 0 Å². The average molecular weight is 268 g/mol. The van der Waals surface area contributed by atoms with E-state index in [1.54, 1.807) is 0 Å². The van der Waals surface area contributed by atoms with Crippen molar-refractivity contribution in [2.75, 3.05) is 28.7 Å². The van der Waals surface area contributed by atoms with E-state index in [9.17, 15) is 0 Å². The molecule has 0 aliphatic carbocycles. The Morgan fingerprint density at radius 1 is 1.33 bits per heavy atom. The molecular formula is C13H24N4S. The van der Waals surface area contributed by atoms with Crippen LogP contribution in [0.25, 0.3) is 0 Å². The molecule has 5 heteroatoms. The van der Waals surface area contributed by atoms with Crippen LogP contribution in [0.3, 0.4) is 0 Å². The number of rotatable bonds is 8. The number of aromatic nitrogens is 2. The molecule has 0 spiro atoms. The van der Waals surface area contributed by atoms with Crippen LogP contribution in [0, 0.1) is 6.92 Å². The first-order valence-electron chi connectivity index (χ1n) is 6.59. The van der Waals surface area contributed by atoms with Crippen LogP contribution in [0.1, 0.15) is 32.9 Å². The van der Waals surface area contributed by atoms with Crippen molar-refractivity contribution in [2.24, 2.45) is 0 Å². The topological polar surface area (TPSA) is 49.8 Å². The van der Waals surface area contributed by atoms with Crippen molar-refractivity contribution in [3.05, 3.63) is 11.8 Å². The van der Waals surface area contributed by atoms with E-state index in [1.165, 1.54) is 0 Å². The second-order valence-electron chi connectivity index (χ2n) is 4.35. The Labute approximate surface area is 114 Å². The summed E-state index contributed by atoms with van der Waals surface area (Å²) in [7, 11) is 0. The first-order valence-corrected chi connectivity index (χ1v) is 7.75. The van der Waals surface area contributed by atoms with Gasteiger partial charge in [-0.1, -0.05) is 13.8 Å². The summed E-state index contributed by atoms with van der Waals surface area (Å²) in [6.45, 7) is 9.39. The molecule has 0 aliphatic rings. The van der Waals surface area contributed by atoms with Crippen molar-refractivity contribution < 1.29 is 0 Å². The monoisotopic (exact) mass is 268 g/mol. The van der Waals surface area contributed by atoms with Gasteiger partial charge >= 0.3 is 0 Å². The van der Waals surface area contributed by atoms with Crippen molar-refractivity contribution in [1.82, 2.24) is 9.97 Å². The maximum Gasteiger partial charge on any atom is 0.224 e. The molecule has 18 heavy (non-hydrogen) atoms. The molecule has 1 heterocycles. The first-order chi connectivity index (χ1) is 8.65. The molecule has 0 bridgehead atoms. The third-order valence-electron chi connectivity index (χ3n) is 2.35. The lowest BCUT2D eigenvalue weighted by atomic mass is 10.3. The molecule has 0 aliphatic heterocycles. The molecule has 0 aromatic carbocycles. The predicted molar refractivity (Wildman–Crippen MR) is 81.6 cm³/mol. The highest BCUT2D eigenvalue weighted by Gasteiger charge is 2.05. The van der Waals surface area contributed by atoms with Gasteiger partial charge in [-0.25, -0.2) is 4.98 Å². The summed E-state index contributed by atoms with van der Waals surface area (Å²) >= 11 is 1.94. The standard InChI is InChI=1S/C13H24N4S/c1-5-7-14-13-16-10(3)8-12(17-13)15-11(4)9-18-6-2/h8,11H,5-7,9H2,1-4H3,(H2,14,15,16,17). The smallest absolute Gasteiger partial charge is 0.224 e. The van der Waals surface area contributed by atoms with Crippen LogP contribution in [-0.2, 0) is 0 Å². The second-order valence-corrected chi connectivity index (χ2v) is 5.67. The highest BCUT2D eigenvalue weighted by molar-refractivity contribution is 7.99. The number of aryl methyl sites for hydroxylation is 1. The van der Waals surface area contributed by atoms with Gasteiger partial charge in [-0.15, -0.1) is 0 Å². The molecule has 1 atom stereocenters. The molecule has 1 aromatic heterocycles. The SMILES string of the molecule is CCCNc1nc(C)cc(NC(C)CSCC)n1. The third-order valence-corrected chi connectivity index (χ3v) is 3.50. The van der Waals surface area contributed by atoms with Crippen LogP contribution >= 0.6 is 11.8 Å². The molecule has 0 radical (unpaired) electrons. The zero-order valence-electron chi connectivity index (χ0n) is 11.8. The zero-order valence-corrected chi connectivity index (χ0v) is 12.6. The summed E-state index contributed by atoms with van der Waals surface area (Å²) in [5, 5.41) is 6.65. The molecule has 0 fully saturated rings. The van der Waals surface area contributed by atoms with Crippen molar-refractivity contribution in [2.45, 2.75) is 40.2 Å². The number of nitrogens with zero attached hydrogens (tertiary/aromatic N) is 2. The van der Waals surface area contributed by atoms with Gasteiger partial charge in [-0.05, 0) is 26.0 Å². The lowest BCUT2D eigenvalue weighted by Crippen LogP contribution is -2.19. The van der Waals surface area contributed by atoms with E-state index in [0.29, 0.717) is 6.04 Å². The maximum absolute atomic E-state index is 4.48. The molecule has 1 aromatic rings. The largest absolute Gasteiger partial charge is 0.367 e. The van der Waals surface area contributed by atoms with Crippen LogP contribution in [0.5, 0.6) is 0 Å². The van der Waals surface area contributed by atoms with Crippen LogP contribution in [0.4, 0.5) is 11.8 Å². The second kappa shape index (κ2) is 8.19. The van der Waals surface area contributed by atoms with Gasteiger partial charge in [0, 0.05) is 30.1 Å². The van der Waals surface area contributed by atoms with Gasteiger partial charge in [0.15, 0.2) is 0 Å². The van der Waals surface area contributed by atoms with Gasteiger partial charge < -0.3 is 10.6 Å². The molecular weight excluding hydrogens is 244 g/mol. The van der Waals surface area contributed by atoms with Crippen LogP contribution < -0.4 is 10.6 Å². The van der Waals surface area contributed by atoms with E-state index in [-0.39, 0.29) is 0 Å². The molecule has 4 nitrogen and oxygen atoms in total. The van der Waals surface area contributed by atoms with Gasteiger partial charge in [0.2, 0.25) is 5.95 Å². The minimum Gasteiger partial charge on any atom is -0.367 e. The van der Waals surface area contributed by atoms with Gasteiger partial charge in [0.05, 0.1) is 0 Å². The average Bonchev–Trinajstić information content (AvgIpc) is 2.33. The summed E-state index contributed by atoms with van der Waals surface area (Å²) in [4.78, 5) is 8.85. The van der Waals surface area contributed by atoms with Crippen molar-refractivity contribution in [3.8, 4) is 0 Å². The summed E-state index contributed by atoms with van der Waals surface area (Å²) in [5.41, 5.74) is 0.987. The summed E-state index contributed by atoms with van der Waals surface area (Å²) < 4.78 is 0. The van der Waals surface area contributed by atoms with Crippen LogP contribution in [0.15, 0.2) is 6.07 Å². The fraction of sp³-hybridized carbons (Fsp3) is 0.692. The fourth-order valence-electron chi connectivity index (χ4n) is 1.55.